The van der Waals surface area contributed by atoms with Gasteiger partial charge in [0.1, 0.15) is 0 Å². The molecule has 1 N–H and O–H groups in total. The smallest absolute Gasteiger partial charge is 0.0866 e. The van der Waals surface area contributed by atoms with Crippen molar-refractivity contribution in [3.05, 3.63) is 11.9 Å². The van der Waals surface area contributed by atoms with E-state index in [1.165, 1.54) is 19.3 Å². The first-order valence-electron chi connectivity index (χ1n) is 3.91. The molecule has 4 nitrogen and oxygen atoms in total. The van der Waals surface area contributed by atoms with E-state index in [2.05, 4.69) is 10.3 Å². The molecule has 1 aliphatic rings. The van der Waals surface area contributed by atoms with Gasteiger partial charge in [0.15, 0.2) is 0 Å². The van der Waals surface area contributed by atoms with Gasteiger partial charge in [-0.2, -0.15) is 0 Å². The molecule has 2 rings (SSSR count). The molecule has 1 fully saturated rings. The summed E-state index contributed by atoms with van der Waals surface area (Å²) >= 11 is 0. The van der Waals surface area contributed by atoms with Gasteiger partial charge in [0, 0.05) is 0 Å². The van der Waals surface area contributed by atoms with Gasteiger partial charge in [-0.25, -0.2) is 4.68 Å². The molecule has 0 bridgehead atoms. The van der Waals surface area contributed by atoms with Crippen LogP contribution in [0.15, 0.2) is 6.20 Å². The highest BCUT2D eigenvalue weighted by Crippen LogP contribution is 2.31. The van der Waals surface area contributed by atoms with Crippen LogP contribution in [0.5, 0.6) is 0 Å². The summed E-state index contributed by atoms with van der Waals surface area (Å²) in [6.07, 6.45) is 5.25. The highest BCUT2D eigenvalue weighted by atomic mass is 16.3. The van der Waals surface area contributed by atoms with Crippen LogP contribution in [0.25, 0.3) is 0 Å². The van der Waals surface area contributed by atoms with Crippen molar-refractivity contribution < 1.29 is 5.11 Å². The fourth-order valence-electron chi connectivity index (χ4n) is 1.32. The summed E-state index contributed by atoms with van der Waals surface area (Å²) in [4.78, 5) is 0. The number of aliphatic hydroxyl groups excluding tert-OH is 1. The van der Waals surface area contributed by atoms with E-state index in [1.807, 2.05) is 4.68 Å². The van der Waals surface area contributed by atoms with Crippen LogP contribution < -0.4 is 0 Å². The normalized spacial score (nSPS) is 18.3. The molecule has 0 unspecified atom stereocenters. The zero-order valence-corrected chi connectivity index (χ0v) is 6.27. The van der Waals surface area contributed by atoms with Crippen LogP contribution in [0.2, 0.25) is 0 Å². The van der Waals surface area contributed by atoms with Crippen LogP contribution >= 0.6 is 0 Å². The minimum atomic E-state index is 0.0451. The first-order chi connectivity index (χ1) is 5.42. The number of nitrogens with zero attached hydrogens (tertiary/aromatic N) is 3. The Morgan fingerprint density at radius 3 is 3.00 bits per heavy atom. The zero-order valence-electron chi connectivity index (χ0n) is 6.27. The molecule has 0 aliphatic heterocycles. The molecule has 0 aromatic carbocycles. The second kappa shape index (κ2) is 2.62. The molecule has 0 spiro atoms. The van der Waals surface area contributed by atoms with Crippen LogP contribution in [0, 0.1) is 0 Å². The highest BCUT2D eigenvalue weighted by Gasteiger charge is 2.21. The highest BCUT2D eigenvalue weighted by molar-refractivity contribution is 4.95. The summed E-state index contributed by atoms with van der Waals surface area (Å²) in [6.45, 7) is 0.0451. The summed E-state index contributed by atoms with van der Waals surface area (Å²) in [7, 11) is 0. The van der Waals surface area contributed by atoms with Gasteiger partial charge in [0.25, 0.3) is 0 Å². The average Bonchev–Trinajstić information content (AvgIpc) is 2.32. The molecule has 1 heterocycles. The number of hydrogen-bond donors (Lipinski definition) is 1. The molecule has 0 saturated heterocycles. The van der Waals surface area contributed by atoms with E-state index in [4.69, 9.17) is 5.11 Å². The van der Waals surface area contributed by atoms with Gasteiger partial charge in [-0.3, -0.25) is 0 Å². The molecule has 1 aliphatic carbocycles. The summed E-state index contributed by atoms with van der Waals surface area (Å²) in [5.41, 5.74) is 0.828. The fraction of sp³-hybridized carbons (Fsp3) is 0.714. The summed E-state index contributed by atoms with van der Waals surface area (Å²) in [6, 6.07) is 0.500. The first kappa shape index (κ1) is 6.79. The van der Waals surface area contributed by atoms with E-state index in [1.54, 1.807) is 6.20 Å². The van der Waals surface area contributed by atoms with E-state index in [-0.39, 0.29) is 6.61 Å². The molecule has 1 aromatic rings. The Kier molecular flexibility index (Phi) is 1.62. The fourth-order valence-corrected chi connectivity index (χ4v) is 1.32. The van der Waals surface area contributed by atoms with Crippen molar-refractivity contribution in [2.45, 2.75) is 31.9 Å². The average molecular weight is 153 g/mol. The monoisotopic (exact) mass is 153 g/mol. The third-order valence-corrected chi connectivity index (χ3v) is 2.23. The molecular weight excluding hydrogens is 142 g/mol. The van der Waals surface area contributed by atoms with Crippen LogP contribution in [-0.4, -0.2) is 20.1 Å². The maximum Gasteiger partial charge on any atom is 0.0866 e. The lowest BCUT2D eigenvalue weighted by Gasteiger charge is -2.26. The number of aromatic nitrogens is 3. The summed E-state index contributed by atoms with van der Waals surface area (Å²) in [5, 5.41) is 16.5. The maximum absolute atomic E-state index is 8.87. The Balaban J connectivity index is 2.20. The van der Waals surface area contributed by atoms with Gasteiger partial charge in [0.05, 0.1) is 24.5 Å². The molecule has 0 atom stereocenters. The van der Waals surface area contributed by atoms with Crippen LogP contribution in [0.3, 0.4) is 0 Å². The zero-order chi connectivity index (χ0) is 7.68. The summed E-state index contributed by atoms with van der Waals surface area (Å²) in [5.74, 6) is 0. The SMILES string of the molecule is OCc1cnnn1C1CCC1. The van der Waals surface area contributed by atoms with E-state index in [0.717, 1.165) is 5.69 Å². The molecule has 11 heavy (non-hydrogen) atoms. The van der Waals surface area contributed by atoms with E-state index in [0.29, 0.717) is 6.04 Å². The topological polar surface area (TPSA) is 50.9 Å². The number of hydrogen-bond acceptors (Lipinski definition) is 3. The third-order valence-electron chi connectivity index (χ3n) is 2.23. The van der Waals surface area contributed by atoms with E-state index in [9.17, 15) is 0 Å². The van der Waals surface area contributed by atoms with Crippen molar-refractivity contribution in [1.82, 2.24) is 15.0 Å². The van der Waals surface area contributed by atoms with Crippen molar-refractivity contribution in [2.24, 2.45) is 0 Å². The van der Waals surface area contributed by atoms with Gasteiger partial charge >= 0.3 is 0 Å². The van der Waals surface area contributed by atoms with Crippen molar-refractivity contribution in [2.75, 3.05) is 0 Å². The number of aliphatic hydroxyl groups is 1. The predicted molar refractivity (Wildman–Crippen MR) is 38.8 cm³/mol. The Labute approximate surface area is 64.8 Å². The lowest BCUT2D eigenvalue weighted by molar-refractivity contribution is 0.232. The minimum absolute atomic E-state index is 0.0451. The Hall–Kier alpha value is -0.900. The van der Waals surface area contributed by atoms with Crippen LogP contribution in [0.1, 0.15) is 31.0 Å². The molecule has 1 saturated carbocycles. The van der Waals surface area contributed by atoms with Gasteiger partial charge in [0.2, 0.25) is 0 Å². The standard InChI is InChI=1S/C7H11N3O/c11-5-7-4-8-9-10(7)6-2-1-3-6/h4,6,11H,1-3,5H2. The molecule has 0 amide bonds. The van der Waals surface area contributed by atoms with E-state index >= 15 is 0 Å². The minimum Gasteiger partial charge on any atom is -0.390 e. The second-order valence-electron chi connectivity index (χ2n) is 2.91. The first-order valence-corrected chi connectivity index (χ1v) is 3.91. The van der Waals surface area contributed by atoms with Crippen molar-refractivity contribution in [3.8, 4) is 0 Å². The molecule has 4 heteroatoms. The van der Waals surface area contributed by atoms with Crippen molar-refractivity contribution in [1.29, 1.82) is 0 Å². The Morgan fingerprint density at radius 1 is 1.64 bits per heavy atom. The predicted octanol–water partition coefficient (Wildman–Crippen LogP) is 0.495. The van der Waals surface area contributed by atoms with E-state index < -0.39 is 0 Å². The van der Waals surface area contributed by atoms with Crippen molar-refractivity contribution in [3.63, 3.8) is 0 Å². The second-order valence-corrected chi connectivity index (χ2v) is 2.91. The molecular formula is C7H11N3O. The van der Waals surface area contributed by atoms with Gasteiger partial charge in [-0.1, -0.05) is 5.21 Å². The third kappa shape index (κ3) is 1.03. The summed E-state index contributed by atoms with van der Waals surface area (Å²) < 4.78 is 1.84. The Morgan fingerprint density at radius 2 is 2.45 bits per heavy atom. The van der Waals surface area contributed by atoms with Gasteiger partial charge in [-0.05, 0) is 19.3 Å². The van der Waals surface area contributed by atoms with Crippen molar-refractivity contribution >= 4 is 0 Å². The Bertz CT molecular complexity index is 242. The number of rotatable bonds is 2. The van der Waals surface area contributed by atoms with Gasteiger partial charge in [-0.15, -0.1) is 5.10 Å². The largest absolute Gasteiger partial charge is 0.390 e. The van der Waals surface area contributed by atoms with Crippen LogP contribution in [-0.2, 0) is 6.61 Å². The quantitative estimate of drug-likeness (QED) is 0.673. The van der Waals surface area contributed by atoms with Gasteiger partial charge < -0.3 is 5.11 Å². The maximum atomic E-state index is 8.87. The molecule has 0 radical (unpaired) electrons. The lowest BCUT2D eigenvalue weighted by Crippen LogP contribution is -2.20. The lowest BCUT2D eigenvalue weighted by atomic mass is 9.93. The van der Waals surface area contributed by atoms with Crippen LogP contribution in [0.4, 0.5) is 0 Å². The molecule has 60 valence electrons. The molecule has 1 aromatic heterocycles.